The first-order valence-corrected chi connectivity index (χ1v) is 7.62. The molecule has 0 aromatic carbocycles. The second-order valence-corrected chi connectivity index (χ2v) is 5.82. The van der Waals surface area contributed by atoms with E-state index in [0.29, 0.717) is 5.92 Å². The highest BCUT2D eigenvalue weighted by atomic mass is 16.5. The smallest absolute Gasteiger partial charge is 0.303 e. The number of esters is 2. The van der Waals surface area contributed by atoms with E-state index in [9.17, 15) is 9.59 Å². The van der Waals surface area contributed by atoms with Gasteiger partial charge in [0.15, 0.2) is 0 Å². The second kappa shape index (κ2) is 6.91. The molecule has 0 heterocycles. The fraction of sp³-hybridized carbons (Fsp3) is 0.750. The van der Waals surface area contributed by atoms with Crippen molar-refractivity contribution in [2.24, 2.45) is 5.92 Å². The van der Waals surface area contributed by atoms with Crippen molar-refractivity contribution in [2.75, 3.05) is 0 Å². The molecule has 20 heavy (non-hydrogen) atoms. The Kier molecular flexibility index (Phi) is 5.21. The van der Waals surface area contributed by atoms with E-state index >= 15 is 0 Å². The van der Waals surface area contributed by atoms with Crippen molar-refractivity contribution in [3.63, 3.8) is 0 Å². The predicted molar refractivity (Wildman–Crippen MR) is 75.0 cm³/mol. The van der Waals surface area contributed by atoms with Gasteiger partial charge in [-0.3, -0.25) is 9.59 Å². The molecule has 0 N–H and O–H groups in total. The summed E-state index contributed by atoms with van der Waals surface area (Å²) in [6, 6.07) is 0. The van der Waals surface area contributed by atoms with Crippen molar-refractivity contribution in [3.05, 3.63) is 11.6 Å². The largest absolute Gasteiger partial charge is 0.458 e. The Bertz CT molecular complexity index is 393. The SMILES string of the molecule is CC(=O)O[C@H]1CC[C@@H](OC(C)=O)C=C1C1CCCCC1. The molecule has 2 aliphatic carbocycles. The van der Waals surface area contributed by atoms with Crippen LogP contribution in [0.2, 0.25) is 0 Å². The highest BCUT2D eigenvalue weighted by molar-refractivity contribution is 5.67. The molecule has 4 heteroatoms. The summed E-state index contributed by atoms with van der Waals surface area (Å²) >= 11 is 0. The molecular weight excluding hydrogens is 256 g/mol. The third-order valence-electron chi connectivity index (χ3n) is 4.17. The summed E-state index contributed by atoms with van der Waals surface area (Å²) in [6.45, 7) is 2.89. The van der Waals surface area contributed by atoms with Crippen LogP contribution in [-0.2, 0) is 19.1 Å². The molecule has 0 aliphatic heterocycles. The molecule has 0 aromatic rings. The molecule has 112 valence electrons. The summed E-state index contributed by atoms with van der Waals surface area (Å²) in [5, 5.41) is 0. The Hall–Kier alpha value is -1.32. The Morgan fingerprint density at radius 2 is 1.60 bits per heavy atom. The Morgan fingerprint density at radius 3 is 2.20 bits per heavy atom. The lowest BCUT2D eigenvalue weighted by molar-refractivity contribution is -0.149. The summed E-state index contributed by atoms with van der Waals surface area (Å²) in [7, 11) is 0. The van der Waals surface area contributed by atoms with Crippen LogP contribution in [0.4, 0.5) is 0 Å². The number of carbonyl (C=O) groups is 2. The van der Waals surface area contributed by atoms with Gasteiger partial charge in [-0.25, -0.2) is 0 Å². The minimum atomic E-state index is -0.250. The molecule has 1 fully saturated rings. The molecule has 1 saturated carbocycles. The molecule has 4 nitrogen and oxygen atoms in total. The second-order valence-electron chi connectivity index (χ2n) is 5.82. The van der Waals surface area contributed by atoms with Crippen LogP contribution in [0.5, 0.6) is 0 Å². The summed E-state index contributed by atoms with van der Waals surface area (Å²) < 4.78 is 10.8. The third kappa shape index (κ3) is 4.09. The van der Waals surface area contributed by atoms with Gasteiger partial charge in [-0.2, -0.15) is 0 Å². The average Bonchev–Trinajstić information content (AvgIpc) is 2.40. The van der Waals surface area contributed by atoms with Crippen LogP contribution in [0.25, 0.3) is 0 Å². The quantitative estimate of drug-likeness (QED) is 0.588. The summed E-state index contributed by atoms with van der Waals surface area (Å²) in [5.41, 5.74) is 1.18. The fourth-order valence-electron chi connectivity index (χ4n) is 3.36. The van der Waals surface area contributed by atoms with Crippen molar-refractivity contribution in [3.8, 4) is 0 Å². The van der Waals surface area contributed by atoms with Crippen molar-refractivity contribution >= 4 is 11.9 Å². The van der Waals surface area contributed by atoms with Crippen LogP contribution in [0, 0.1) is 5.92 Å². The first-order valence-electron chi connectivity index (χ1n) is 7.62. The lowest BCUT2D eigenvalue weighted by atomic mass is 9.78. The maximum Gasteiger partial charge on any atom is 0.303 e. The number of rotatable bonds is 3. The van der Waals surface area contributed by atoms with Gasteiger partial charge in [0.1, 0.15) is 12.2 Å². The zero-order valence-electron chi connectivity index (χ0n) is 12.4. The molecule has 0 amide bonds. The molecule has 0 saturated heterocycles. The van der Waals surface area contributed by atoms with E-state index < -0.39 is 0 Å². The first-order chi connectivity index (χ1) is 9.56. The topological polar surface area (TPSA) is 52.6 Å². The van der Waals surface area contributed by atoms with Gasteiger partial charge in [0.25, 0.3) is 0 Å². The monoisotopic (exact) mass is 280 g/mol. The fourth-order valence-corrected chi connectivity index (χ4v) is 3.36. The van der Waals surface area contributed by atoms with Crippen LogP contribution in [0.1, 0.15) is 58.8 Å². The normalized spacial score (nSPS) is 27.6. The van der Waals surface area contributed by atoms with Gasteiger partial charge in [-0.05, 0) is 43.3 Å². The Morgan fingerprint density at radius 1 is 0.950 bits per heavy atom. The average molecular weight is 280 g/mol. The van der Waals surface area contributed by atoms with Crippen LogP contribution in [0.3, 0.4) is 0 Å². The molecule has 2 rings (SSSR count). The van der Waals surface area contributed by atoms with E-state index in [0.717, 1.165) is 25.7 Å². The van der Waals surface area contributed by atoms with E-state index in [1.54, 1.807) is 0 Å². The molecule has 0 aromatic heterocycles. The Labute approximate surface area is 120 Å². The Balaban J connectivity index is 2.13. The summed E-state index contributed by atoms with van der Waals surface area (Å²) in [5.74, 6) is -0.00529. The maximum absolute atomic E-state index is 11.3. The minimum Gasteiger partial charge on any atom is -0.458 e. The molecule has 2 aliphatic rings. The van der Waals surface area contributed by atoms with Gasteiger partial charge in [-0.1, -0.05) is 19.3 Å². The third-order valence-corrected chi connectivity index (χ3v) is 4.17. The van der Waals surface area contributed by atoms with Crippen LogP contribution >= 0.6 is 0 Å². The zero-order valence-corrected chi connectivity index (χ0v) is 12.4. The van der Waals surface area contributed by atoms with E-state index in [1.165, 1.54) is 38.7 Å². The maximum atomic E-state index is 11.3. The van der Waals surface area contributed by atoms with Gasteiger partial charge < -0.3 is 9.47 Å². The van der Waals surface area contributed by atoms with Gasteiger partial charge in [-0.15, -0.1) is 0 Å². The standard InChI is InChI=1S/C16H24O4/c1-11(17)19-14-8-9-16(20-12(2)18)15(10-14)13-6-4-3-5-7-13/h10,13-14,16H,3-9H2,1-2H3/t14-,16+/m1/s1. The van der Waals surface area contributed by atoms with E-state index in [4.69, 9.17) is 9.47 Å². The van der Waals surface area contributed by atoms with E-state index in [-0.39, 0.29) is 24.1 Å². The van der Waals surface area contributed by atoms with Crippen LogP contribution in [0.15, 0.2) is 11.6 Å². The van der Waals surface area contributed by atoms with Crippen molar-refractivity contribution in [1.82, 2.24) is 0 Å². The number of carbonyl (C=O) groups excluding carboxylic acids is 2. The number of hydrogen-bond acceptors (Lipinski definition) is 4. The van der Waals surface area contributed by atoms with Gasteiger partial charge in [0.2, 0.25) is 0 Å². The van der Waals surface area contributed by atoms with E-state index in [1.807, 2.05) is 6.08 Å². The number of ether oxygens (including phenoxy) is 2. The van der Waals surface area contributed by atoms with Gasteiger partial charge >= 0.3 is 11.9 Å². The van der Waals surface area contributed by atoms with Crippen molar-refractivity contribution in [1.29, 1.82) is 0 Å². The van der Waals surface area contributed by atoms with Crippen LogP contribution < -0.4 is 0 Å². The predicted octanol–water partition coefficient (Wildman–Crippen LogP) is 3.15. The highest BCUT2D eigenvalue weighted by Crippen LogP contribution is 2.36. The van der Waals surface area contributed by atoms with E-state index in [2.05, 4.69) is 0 Å². The molecular formula is C16H24O4. The minimum absolute atomic E-state index is 0.123. The van der Waals surface area contributed by atoms with Gasteiger partial charge in [0.05, 0.1) is 0 Å². The highest BCUT2D eigenvalue weighted by Gasteiger charge is 2.31. The molecule has 0 bridgehead atoms. The molecule has 0 spiro atoms. The summed E-state index contributed by atoms with van der Waals surface area (Å²) in [4.78, 5) is 22.4. The van der Waals surface area contributed by atoms with Crippen LogP contribution in [-0.4, -0.2) is 24.1 Å². The molecule has 0 radical (unpaired) electrons. The number of hydrogen-bond donors (Lipinski definition) is 0. The zero-order chi connectivity index (χ0) is 14.5. The lowest BCUT2D eigenvalue weighted by Gasteiger charge is -2.34. The first kappa shape index (κ1) is 15.1. The molecule has 2 atom stereocenters. The lowest BCUT2D eigenvalue weighted by Crippen LogP contribution is -2.32. The summed E-state index contributed by atoms with van der Waals surface area (Å²) in [6.07, 6.45) is 9.28. The van der Waals surface area contributed by atoms with Crippen molar-refractivity contribution in [2.45, 2.75) is 71.0 Å². The van der Waals surface area contributed by atoms with Crippen molar-refractivity contribution < 1.29 is 19.1 Å². The molecule has 0 unspecified atom stereocenters. The van der Waals surface area contributed by atoms with Gasteiger partial charge in [0, 0.05) is 13.8 Å².